The van der Waals surface area contributed by atoms with Crippen LogP contribution in [0.5, 0.6) is 0 Å². The van der Waals surface area contributed by atoms with Gasteiger partial charge in [-0.1, -0.05) is 20.8 Å². The molecule has 2 N–H and O–H groups in total. The van der Waals surface area contributed by atoms with Crippen LogP contribution in [0.2, 0.25) is 0 Å². The molecule has 0 aliphatic rings. The smallest absolute Gasteiger partial charge is 0.104 e. The Hall–Kier alpha value is -0.120. The summed E-state index contributed by atoms with van der Waals surface area (Å²) in [7, 11) is 2.11. The molecule has 3 heteroatoms. The summed E-state index contributed by atoms with van der Waals surface area (Å²) in [6, 6.07) is 0. The highest BCUT2D eigenvalue weighted by atomic mass is 16.3. The topological polar surface area (TPSA) is 35.5 Å². The quantitative estimate of drug-likeness (QED) is 0.445. The molecule has 1 unspecified atom stereocenters. The molecular formula is C13H30N2O. The normalized spacial score (nSPS) is 13.7. The van der Waals surface area contributed by atoms with E-state index < -0.39 is 0 Å². The van der Waals surface area contributed by atoms with E-state index in [-0.39, 0.29) is 6.23 Å². The van der Waals surface area contributed by atoms with Crippen LogP contribution in [0.3, 0.4) is 0 Å². The van der Waals surface area contributed by atoms with Crippen LogP contribution in [0.25, 0.3) is 0 Å². The van der Waals surface area contributed by atoms with Gasteiger partial charge in [0.05, 0.1) is 0 Å². The molecule has 0 heterocycles. The third-order valence-corrected chi connectivity index (χ3v) is 2.90. The van der Waals surface area contributed by atoms with Crippen molar-refractivity contribution in [3.63, 3.8) is 0 Å². The third kappa shape index (κ3) is 10.4. The van der Waals surface area contributed by atoms with Gasteiger partial charge >= 0.3 is 0 Å². The third-order valence-electron chi connectivity index (χ3n) is 2.90. The molecule has 0 aromatic heterocycles. The molecule has 16 heavy (non-hydrogen) atoms. The van der Waals surface area contributed by atoms with E-state index in [4.69, 9.17) is 0 Å². The van der Waals surface area contributed by atoms with Crippen molar-refractivity contribution in [1.29, 1.82) is 0 Å². The van der Waals surface area contributed by atoms with Gasteiger partial charge < -0.3 is 10.0 Å². The maximum Gasteiger partial charge on any atom is 0.104 e. The zero-order chi connectivity index (χ0) is 12.4. The van der Waals surface area contributed by atoms with Crippen molar-refractivity contribution in [1.82, 2.24) is 10.2 Å². The summed E-state index contributed by atoms with van der Waals surface area (Å²) < 4.78 is 0. The Morgan fingerprint density at radius 3 is 2.44 bits per heavy atom. The fourth-order valence-electron chi connectivity index (χ4n) is 1.59. The zero-order valence-corrected chi connectivity index (χ0v) is 11.5. The van der Waals surface area contributed by atoms with Gasteiger partial charge in [0.2, 0.25) is 0 Å². The Balaban J connectivity index is 3.27. The highest BCUT2D eigenvalue weighted by Gasteiger charge is 2.03. The maximum absolute atomic E-state index is 9.67. The van der Waals surface area contributed by atoms with E-state index in [0.717, 1.165) is 44.8 Å². The van der Waals surface area contributed by atoms with Crippen molar-refractivity contribution in [2.45, 2.75) is 52.7 Å². The van der Waals surface area contributed by atoms with Crippen LogP contribution < -0.4 is 5.32 Å². The minimum absolute atomic E-state index is 0.322. The molecule has 0 spiro atoms. The second-order valence-electron chi connectivity index (χ2n) is 5.04. The van der Waals surface area contributed by atoms with Crippen LogP contribution in [0.4, 0.5) is 0 Å². The molecule has 0 bridgehead atoms. The lowest BCUT2D eigenvalue weighted by Gasteiger charge is -2.16. The van der Waals surface area contributed by atoms with Gasteiger partial charge in [-0.3, -0.25) is 5.32 Å². The molecular weight excluding hydrogens is 200 g/mol. The number of nitrogens with one attached hydrogen (secondary N) is 1. The highest BCUT2D eigenvalue weighted by Crippen LogP contribution is 2.02. The summed E-state index contributed by atoms with van der Waals surface area (Å²) >= 11 is 0. The Kier molecular flexibility index (Phi) is 9.99. The molecule has 0 aliphatic heterocycles. The van der Waals surface area contributed by atoms with Gasteiger partial charge in [-0.2, -0.15) is 0 Å². The van der Waals surface area contributed by atoms with Gasteiger partial charge in [-0.05, 0) is 58.3 Å². The molecule has 98 valence electrons. The summed E-state index contributed by atoms with van der Waals surface area (Å²) in [5.41, 5.74) is 0. The summed E-state index contributed by atoms with van der Waals surface area (Å²) in [6.07, 6.45) is 3.98. The molecule has 0 aliphatic carbocycles. The van der Waals surface area contributed by atoms with Crippen molar-refractivity contribution < 1.29 is 5.11 Å². The number of aliphatic hydroxyl groups is 1. The summed E-state index contributed by atoms with van der Waals surface area (Å²) in [6.45, 7) is 9.71. The first kappa shape index (κ1) is 15.9. The predicted octanol–water partition coefficient (Wildman–Crippen LogP) is 2.06. The first-order valence-corrected chi connectivity index (χ1v) is 6.66. The number of hydrogen-bond acceptors (Lipinski definition) is 3. The van der Waals surface area contributed by atoms with Crippen molar-refractivity contribution >= 4 is 0 Å². The summed E-state index contributed by atoms with van der Waals surface area (Å²) in [5, 5.41) is 12.8. The van der Waals surface area contributed by atoms with Crippen LogP contribution in [-0.2, 0) is 0 Å². The van der Waals surface area contributed by atoms with Crippen LogP contribution >= 0.6 is 0 Å². The van der Waals surface area contributed by atoms with E-state index in [1.165, 1.54) is 6.42 Å². The first-order valence-electron chi connectivity index (χ1n) is 6.66. The van der Waals surface area contributed by atoms with Crippen molar-refractivity contribution in [2.75, 3.05) is 26.7 Å². The van der Waals surface area contributed by atoms with Gasteiger partial charge in [0.1, 0.15) is 6.23 Å². The summed E-state index contributed by atoms with van der Waals surface area (Å²) in [5.74, 6) is 0.761. The second kappa shape index (κ2) is 10.1. The van der Waals surface area contributed by atoms with E-state index >= 15 is 0 Å². The molecule has 0 aromatic carbocycles. The minimum Gasteiger partial charge on any atom is -0.379 e. The largest absolute Gasteiger partial charge is 0.379 e. The van der Waals surface area contributed by atoms with Gasteiger partial charge in [0.15, 0.2) is 0 Å². The standard InChI is InChI=1S/C13H30N2O/c1-5-15(4)11-7-9-13(16)14-10-6-8-12(2)3/h12-14,16H,5-11H2,1-4H3. The second-order valence-corrected chi connectivity index (χ2v) is 5.04. The lowest BCUT2D eigenvalue weighted by Crippen LogP contribution is -2.31. The number of nitrogens with zero attached hydrogens (tertiary/aromatic N) is 1. The molecule has 0 aromatic rings. The molecule has 1 atom stereocenters. The lowest BCUT2D eigenvalue weighted by atomic mass is 10.1. The molecule has 0 fully saturated rings. The van der Waals surface area contributed by atoms with E-state index in [9.17, 15) is 5.11 Å². The Morgan fingerprint density at radius 1 is 1.19 bits per heavy atom. The van der Waals surface area contributed by atoms with Crippen LogP contribution in [0.1, 0.15) is 46.5 Å². The average Bonchev–Trinajstić information content (AvgIpc) is 2.24. The molecule has 0 saturated heterocycles. The average molecular weight is 230 g/mol. The van der Waals surface area contributed by atoms with Gasteiger partial charge in [-0.15, -0.1) is 0 Å². The summed E-state index contributed by atoms with van der Waals surface area (Å²) in [4.78, 5) is 2.27. The Morgan fingerprint density at radius 2 is 1.88 bits per heavy atom. The fraction of sp³-hybridized carbons (Fsp3) is 1.00. The number of rotatable bonds is 10. The highest BCUT2D eigenvalue weighted by molar-refractivity contribution is 4.57. The van der Waals surface area contributed by atoms with E-state index in [1.807, 2.05) is 0 Å². The maximum atomic E-state index is 9.67. The van der Waals surface area contributed by atoms with Crippen LogP contribution in [-0.4, -0.2) is 42.9 Å². The van der Waals surface area contributed by atoms with Gasteiger partial charge in [0, 0.05) is 0 Å². The first-order chi connectivity index (χ1) is 7.56. The minimum atomic E-state index is -0.322. The molecule has 0 radical (unpaired) electrons. The van der Waals surface area contributed by atoms with Crippen molar-refractivity contribution in [3.05, 3.63) is 0 Å². The molecule has 0 saturated carbocycles. The monoisotopic (exact) mass is 230 g/mol. The number of hydrogen-bond donors (Lipinski definition) is 2. The van der Waals surface area contributed by atoms with E-state index in [2.05, 4.69) is 38.0 Å². The molecule has 3 nitrogen and oxygen atoms in total. The van der Waals surface area contributed by atoms with Gasteiger partial charge in [-0.25, -0.2) is 0 Å². The Bertz CT molecular complexity index is 151. The van der Waals surface area contributed by atoms with E-state index in [1.54, 1.807) is 0 Å². The predicted molar refractivity (Wildman–Crippen MR) is 70.5 cm³/mol. The molecule has 0 amide bonds. The lowest BCUT2D eigenvalue weighted by molar-refractivity contribution is 0.121. The van der Waals surface area contributed by atoms with Crippen LogP contribution in [0, 0.1) is 5.92 Å². The van der Waals surface area contributed by atoms with Crippen molar-refractivity contribution in [3.8, 4) is 0 Å². The SMILES string of the molecule is CCN(C)CCCC(O)NCCCC(C)C. The zero-order valence-electron chi connectivity index (χ0n) is 11.5. The van der Waals surface area contributed by atoms with E-state index in [0.29, 0.717) is 0 Å². The number of aliphatic hydroxyl groups excluding tert-OH is 1. The molecule has 0 rings (SSSR count). The van der Waals surface area contributed by atoms with Crippen LogP contribution in [0.15, 0.2) is 0 Å². The Labute approximate surface area is 101 Å². The fourth-order valence-corrected chi connectivity index (χ4v) is 1.59. The van der Waals surface area contributed by atoms with Gasteiger partial charge in [0.25, 0.3) is 0 Å². The van der Waals surface area contributed by atoms with Crippen molar-refractivity contribution in [2.24, 2.45) is 5.92 Å².